The highest BCUT2D eigenvalue weighted by Crippen LogP contribution is 2.25. The molecule has 0 radical (unpaired) electrons. The van der Waals surface area contributed by atoms with Gasteiger partial charge >= 0.3 is 5.63 Å². The summed E-state index contributed by atoms with van der Waals surface area (Å²) >= 11 is 0. The van der Waals surface area contributed by atoms with E-state index in [1.165, 1.54) is 0 Å². The van der Waals surface area contributed by atoms with Gasteiger partial charge in [0.15, 0.2) is 0 Å². The molecule has 7 nitrogen and oxygen atoms in total. The zero-order chi connectivity index (χ0) is 23.4. The summed E-state index contributed by atoms with van der Waals surface area (Å²) in [5.41, 5.74) is 2.41. The Kier molecular flexibility index (Phi) is 6.76. The van der Waals surface area contributed by atoms with Gasteiger partial charge in [-0.25, -0.2) is 4.79 Å². The van der Waals surface area contributed by atoms with Crippen LogP contribution in [-0.2, 0) is 11.2 Å². The molecule has 1 saturated heterocycles. The molecule has 170 valence electrons. The van der Waals surface area contributed by atoms with Crippen LogP contribution in [-0.4, -0.2) is 49.0 Å². The lowest BCUT2D eigenvalue weighted by Gasteiger charge is -2.37. The number of fused-ring (bicyclic) bond motifs is 1. The second-order valence-corrected chi connectivity index (χ2v) is 8.21. The molecule has 1 aromatic heterocycles. The molecule has 1 aliphatic heterocycles. The van der Waals surface area contributed by atoms with Crippen molar-refractivity contribution in [3.63, 3.8) is 0 Å². The summed E-state index contributed by atoms with van der Waals surface area (Å²) in [7, 11) is 1.56. The van der Waals surface area contributed by atoms with Gasteiger partial charge in [0, 0.05) is 49.6 Å². The van der Waals surface area contributed by atoms with Crippen molar-refractivity contribution < 1.29 is 13.9 Å². The average molecular weight is 446 g/mol. The summed E-state index contributed by atoms with van der Waals surface area (Å²) in [6, 6.07) is 17.2. The number of carbonyl (C=O) groups excluding carboxylic acids is 1. The van der Waals surface area contributed by atoms with E-state index in [1.807, 2.05) is 54.3 Å². The van der Waals surface area contributed by atoms with E-state index in [1.54, 1.807) is 13.2 Å². The molecule has 0 spiro atoms. The first-order valence-electron chi connectivity index (χ1n) is 11.1. The largest absolute Gasteiger partial charge is 0.497 e. The van der Waals surface area contributed by atoms with Crippen LogP contribution in [0, 0.1) is 18.3 Å². The van der Waals surface area contributed by atoms with Gasteiger partial charge in [0.1, 0.15) is 17.4 Å². The van der Waals surface area contributed by atoms with E-state index in [0.29, 0.717) is 49.5 Å². The molecule has 1 fully saturated rings. The summed E-state index contributed by atoms with van der Waals surface area (Å²) in [5.74, 6) is 0.634. The molecule has 1 atom stereocenters. The monoisotopic (exact) mass is 445 g/mol. The molecular formula is C26H27N3O4. The summed E-state index contributed by atoms with van der Waals surface area (Å²) in [5, 5.41) is 10.5. The fourth-order valence-corrected chi connectivity index (χ4v) is 4.41. The zero-order valence-corrected chi connectivity index (χ0v) is 18.9. The highest BCUT2D eigenvalue weighted by atomic mass is 16.5. The SMILES string of the molecule is COc1ccc2c(C)c(CCC(=O)N3CCN(C(C#N)c4ccccc4)CC3)c(=O)oc2c1. The van der Waals surface area contributed by atoms with E-state index in [4.69, 9.17) is 9.15 Å². The number of rotatable bonds is 6. The lowest BCUT2D eigenvalue weighted by Crippen LogP contribution is -2.49. The lowest BCUT2D eigenvalue weighted by atomic mass is 10.0. The molecule has 7 heteroatoms. The predicted molar refractivity (Wildman–Crippen MR) is 125 cm³/mol. The Morgan fingerprint density at radius 3 is 2.55 bits per heavy atom. The number of piperazine rings is 1. The Hall–Kier alpha value is -3.63. The number of hydrogen-bond donors (Lipinski definition) is 0. The first-order chi connectivity index (χ1) is 16.0. The van der Waals surface area contributed by atoms with E-state index >= 15 is 0 Å². The molecular weight excluding hydrogens is 418 g/mol. The minimum atomic E-state index is -0.411. The lowest BCUT2D eigenvalue weighted by molar-refractivity contribution is -0.133. The quantitative estimate of drug-likeness (QED) is 0.540. The van der Waals surface area contributed by atoms with Gasteiger partial charge in [0.25, 0.3) is 0 Å². The van der Waals surface area contributed by atoms with Crippen molar-refractivity contribution >= 4 is 16.9 Å². The topological polar surface area (TPSA) is 86.8 Å². The van der Waals surface area contributed by atoms with Crippen LogP contribution in [0.2, 0.25) is 0 Å². The second-order valence-electron chi connectivity index (χ2n) is 8.21. The minimum Gasteiger partial charge on any atom is -0.497 e. The van der Waals surface area contributed by atoms with Crippen molar-refractivity contribution in [2.24, 2.45) is 0 Å². The zero-order valence-electron chi connectivity index (χ0n) is 18.9. The van der Waals surface area contributed by atoms with Gasteiger partial charge in [-0.15, -0.1) is 0 Å². The third kappa shape index (κ3) is 4.76. The maximum absolute atomic E-state index is 12.9. The molecule has 1 amide bonds. The Bertz CT molecular complexity index is 1240. The van der Waals surface area contributed by atoms with Crippen LogP contribution in [0.1, 0.15) is 29.2 Å². The van der Waals surface area contributed by atoms with E-state index in [-0.39, 0.29) is 18.4 Å². The van der Waals surface area contributed by atoms with Crippen LogP contribution in [0.25, 0.3) is 11.0 Å². The van der Waals surface area contributed by atoms with E-state index in [2.05, 4.69) is 11.0 Å². The fraction of sp³-hybridized carbons (Fsp3) is 0.346. The Morgan fingerprint density at radius 1 is 1.15 bits per heavy atom. The van der Waals surface area contributed by atoms with Gasteiger partial charge in [0.05, 0.1) is 13.2 Å². The van der Waals surface area contributed by atoms with Gasteiger partial charge in [-0.3, -0.25) is 9.69 Å². The van der Waals surface area contributed by atoms with Crippen LogP contribution in [0.3, 0.4) is 0 Å². The molecule has 4 rings (SSSR count). The molecule has 33 heavy (non-hydrogen) atoms. The maximum atomic E-state index is 12.9. The molecule has 1 unspecified atom stereocenters. The number of aryl methyl sites for hydroxylation is 1. The van der Waals surface area contributed by atoms with Crippen molar-refractivity contribution in [3.05, 3.63) is 75.6 Å². The number of hydrogen-bond acceptors (Lipinski definition) is 6. The Labute approximate surface area is 192 Å². The Morgan fingerprint density at radius 2 is 1.88 bits per heavy atom. The molecule has 0 saturated carbocycles. The van der Waals surface area contributed by atoms with Crippen molar-refractivity contribution in [1.82, 2.24) is 9.80 Å². The van der Waals surface area contributed by atoms with Gasteiger partial charge in [-0.2, -0.15) is 5.26 Å². The average Bonchev–Trinajstić information content (AvgIpc) is 2.85. The molecule has 3 aromatic rings. The molecule has 0 bridgehead atoms. The van der Waals surface area contributed by atoms with Crippen LogP contribution in [0.5, 0.6) is 5.75 Å². The number of benzene rings is 2. The molecule has 2 heterocycles. The van der Waals surface area contributed by atoms with Crippen LogP contribution >= 0.6 is 0 Å². The molecule has 1 aliphatic rings. The highest BCUT2D eigenvalue weighted by Gasteiger charge is 2.27. The van der Waals surface area contributed by atoms with E-state index in [9.17, 15) is 14.9 Å². The number of amides is 1. The van der Waals surface area contributed by atoms with Gasteiger partial charge in [-0.05, 0) is 36.6 Å². The standard InChI is InChI=1S/C26H27N3O4/c1-18-21-9-8-20(32-2)16-24(21)33-26(31)22(18)10-11-25(30)29-14-12-28(13-15-29)23(17-27)19-6-4-3-5-7-19/h3-9,16,23H,10-15H2,1-2H3. The van der Waals surface area contributed by atoms with E-state index < -0.39 is 5.63 Å². The first-order valence-corrected chi connectivity index (χ1v) is 11.1. The number of carbonyl (C=O) groups is 1. The third-order valence-electron chi connectivity index (χ3n) is 6.35. The molecule has 0 N–H and O–H groups in total. The summed E-state index contributed by atoms with van der Waals surface area (Å²) < 4.78 is 10.7. The summed E-state index contributed by atoms with van der Waals surface area (Å²) in [6.07, 6.45) is 0.577. The summed E-state index contributed by atoms with van der Waals surface area (Å²) in [6.45, 7) is 4.29. The van der Waals surface area contributed by atoms with E-state index in [0.717, 1.165) is 16.5 Å². The Balaban J connectivity index is 1.39. The number of methoxy groups -OCH3 is 1. The summed E-state index contributed by atoms with van der Waals surface area (Å²) in [4.78, 5) is 29.3. The number of nitriles is 1. The van der Waals surface area contributed by atoms with Gasteiger partial charge < -0.3 is 14.1 Å². The third-order valence-corrected chi connectivity index (χ3v) is 6.35. The van der Waals surface area contributed by atoms with Crippen LogP contribution in [0.4, 0.5) is 0 Å². The number of ether oxygens (including phenoxy) is 1. The van der Waals surface area contributed by atoms with Crippen LogP contribution < -0.4 is 10.4 Å². The molecule has 0 aliphatic carbocycles. The van der Waals surface area contributed by atoms with Gasteiger partial charge in [-0.1, -0.05) is 30.3 Å². The predicted octanol–water partition coefficient (Wildman–Crippen LogP) is 3.45. The van der Waals surface area contributed by atoms with Crippen molar-refractivity contribution in [2.75, 3.05) is 33.3 Å². The van der Waals surface area contributed by atoms with Crippen LogP contribution in [0.15, 0.2) is 57.7 Å². The second kappa shape index (κ2) is 9.88. The van der Waals surface area contributed by atoms with Crippen molar-refractivity contribution in [3.8, 4) is 11.8 Å². The van der Waals surface area contributed by atoms with Gasteiger partial charge in [0.2, 0.25) is 5.91 Å². The first kappa shape index (κ1) is 22.6. The fourth-order valence-electron chi connectivity index (χ4n) is 4.41. The normalized spacial score (nSPS) is 15.2. The minimum absolute atomic E-state index is 0.0106. The number of nitrogens with zero attached hydrogens (tertiary/aromatic N) is 3. The van der Waals surface area contributed by atoms with Crippen molar-refractivity contribution in [1.29, 1.82) is 5.26 Å². The maximum Gasteiger partial charge on any atom is 0.339 e. The highest BCUT2D eigenvalue weighted by molar-refractivity contribution is 5.82. The van der Waals surface area contributed by atoms with Crippen molar-refractivity contribution in [2.45, 2.75) is 25.8 Å². The smallest absolute Gasteiger partial charge is 0.339 e. The molecule has 2 aromatic carbocycles.